The largest absolute Gasteiger partial charge is 0.508 e. The van der Waals surface area contributed by atoms with Gasteiger partial charge in [0, 0.05) is 0 Å². The molecule has 3 rings (SSSR count). The van der Waals surface area contributed by atoms with Gasteiger partial charge in [0.25, 0.3) is 0 Å². The summed E-state index contributed by atoms with van der Waals surface area (Å²) >= 11 is 0. The summed E-state index contributed by atoms with van der Waals surface area (Å²) in [6.45, 7) is 1.81. The van der Waals surface area contributed by atoms with Crippen LogP contribution in [0.1, 0.15) is 48.7 Å². The Balaban J connectivity index is 1.79. The lowest BCUT2D eigenvalue weighted by molar-refractivity contribution is -0.123. The van der Waals surface area contributed by atoms with Crippen LogP contribution in [0, 0.1) is 0 Å². The molecule has 21 heavy (non-hydrogen) atoms. The van der Waals surface area contributed by atoms with Crippen LogP contribution < -0.4 is 5.32 Å². The summed E-state index contributed by atoms with van der Waals surface area (Å²) in [5, 5.41) is 16.6. The van der Waals surface area contributed by atoms with Crippen LogP contribution >= 0.6 is 0 Å². The van der Waals surface area contributed by atoms with Crippen LogP contribution in [0.15, 0.2) is 29.1 Å². The lowest BCUT2D eigenvalue weighted by atomic mass is 9.82. The van der Waals surface area contributed by atoms with Gasteiger partial charge < -0.3 is 14.9 Å². The molecule has 6 heteroatoms. The Hall–Kier alpha value is -2.37. The minimum absolute atomic E-state index is 0.0705. The van der Waals surface area contributed by atoms with E-state index >= 15 is 0 Å². The van der Waals surface area contributed by atoms with E-state index in [-0.39, 0.29) is 23.6 Å². The summed E-state index contributed by atoms with van der Waals surface area (Å²) in [5.41, 5.74) is 1.80. The topological polar surface area (TPSA) is 88.2 Å². The lowest BCUT2D eigenvalue weighted by Crippen LogP contribution is -2.33. The average molecular weight is 287 g/mol. The molecule has 1 aromatic carbocycles. The van der Waals surface area contributed by atoms with E-state index in [1.54, 1.807) is 12.1 Å². The number of phenols is 1. The molecule has 1 aliphatic rings. The SMILES string of the molecule is CC(NC(=O)C1CCCc2c(O)cccc21)c1ncon1. The molecule has 1 heterocycles. The molecule has 1 aromatic heterocycles. The summed E-state index contributed by atoms with van der Waals surface area (Å²) in [6, 6.07) is 5.06. The first-order valence-electron chi connectivity index (χ1n) is 7.04. The second-order valence-electron chi connectivity index (χ2n) is 5.31. The van der Waals surface area contributed by atoms with Gasteiger partial charge in [-0.2, -0.15) is 4.98 Å². The molecule has 6 nitrogen and oxygen atoms in total. The number of phenolic OH excluding ortho intramolecular Hbond substituents is 1. The third-order valence-corrected chi connectivity index (χ3v) is 3.92. The Kier molecular flexibility index (Phi) is 3.60. The molecule has 0 fully saturated rings. The summed E-state index contributed by atoms with van der Waals surface area (Å²) in [6.07, 6.45) is 3.72. The van der Waals surface area contributed by atoms with Crippen LogP contribution in [0.5, 0.6) is 5.75 Å². The van der Waals surface area contributed by atoms with Crippen molar-refractivity contribution in [3.8, 4) is 5.75 Å². The number of carbonyl (C=O) groups excluding carboxylic acids is 1. The van der Waals surface area contributed by atoms with Crippen molar-refractivity contribution in [2.45, 2.75) is 38.1 Å². The van der Waals surface area contributed by atoms with Crippen LogP contribution in [0.2, 0.25) is 0 Å². The average Bonchev–Trinajstić information content (AvgIpc) is 3.01. The number of hydrogen-bond donors (Lipinski definition) is 2. The van der Waals surface area contributed by atoms with Gasteiger partial charge in [-0.25, -0.2) is 0 Å². The van der Waals surface area contributed by atoms with Crippen molar-refractivity contribution in [1.82, 2.24) is 15.5 Å². The third-order valence-electron chi connectivity index (χ3n) is 3.92. The van der Waals surface area contributed by atoms with Crippen LogP contribution in [-0.2, 0) is 11.2 Å². The van der Waals surface area contributed by atoms with Crippen molar-refractivity contribution in [2.24, 2.45) is 0 Å². The van der Waals surface area contributed by atoms with E-state index in [1.165, 1.54) is 6.39 Å². The number of fused-ring (bicyclic) bond motifs is 1. The monoisotopic (exact) mass is 287 g/mol. The first-order valence-corrected chi connectivity index (χ1v) is 7.04. The Morgan fingerprint density at radius 2 is 2.38 bits per heavy atom. The molecular formula is C15H17N3O3. The lowest BCUT2D eigenvalue weighted by Gasteiger charge is -2.26. The quantitative estimate of drug-likeness (QED) is 0.902. The van der Waals surface area contributed by atoms with Gasteiger partial charge >= 0.3 is 0 Å². The second kappa shape index (κ2) is 5.55. The summed E-state index contributed by atoms with van der Waals surface area (Å²) in [5.74, 6) is 0.417. The van der Waals surface area contributed by atoms with Crippen molar-refractivity contribution in [1.29, 1.82) is 0 Å². The maximum Gasteiger partial charge on any atom is 0.228 e. The molecule has 1 amide bonds. The van der Waals surface area contributed by atoms with E-state index in [2.05, 4.69) is 20.0 Å². The molecule has 0 bridgehead atoms. The second-order valence-corrected chi connectivity index (χ2v) is 5.31. The molecule has 0 spiro atoms. The highest BCUT2D eigenvalue weighted by Crippen LogP contribution is 2.36. The zero-order valence-corrected chi connectivity index (χ0v) is 11.7. The van der Waals surface area contributed by atoms with Gasteiger partial charge in [-0.05, 0) is 43.4 Å². The zero-order valence-electron chi connectivity index (χ0n) is 11.7. The van der Waals surface area contributed by atoms with Crippen LogP contribution in [0.4, 0.5) is 0 Å². The van der Waals surface area contributed by atoms with Crippen molar-refractivity contribution in [3.63, 3.8) is 0 Å². The first-order chi connectivity index (χ1) is 10.2. The number of amides is 1. The summed E-state index contributed by atoms with van der Waals surface area (Å²) in [4.78, 5) is 16.4. The van der Waals surface area contributed by atoms with Crippen molar-refractivity contribution < 1.29 is 14.4 Å². The van der Waals surface area contributed by atoms with Crippen molar-refractivity contribution in [3.05, 3.63) is 41.5 Å². The molecule has 0 aliphatic heterocycles. The van der Waals surface area contributed by atoms with Gasteiger partial charge in [0.1, 0.15) is 5.75 Å². The van der Waals surface area contributed by atoms with E-state index in [9.17, 15) is 9.90 Å². The standard InChI is InChI=1S/C15H17N3O3/c1-9(14-16-8-21-18-14)17-15(20)12-6-2-5-11-10(12)4-3-7-13(11)19/h3-4,7-9,12,19H,2,5-6H2,1H3,(H,17,20). The molecule has 2 atom stereocenters. The highest BCUT2D eigenvalue weighted by Gasteiger charge is 2.29. The van der Waals surface area contributed by atoms with Gasteiger partial charge in [0.2, 0.25) is 12.3 Å². The zero-order chi connectivity index (χ0) is 14.8. The van der Waals surface area contributed by atoms with Gasteiger partial charge in [0.05, 0.1) is 12.0 Å². The Labute approximate surface area is 122 Å². The first kappa shape index (κ1) is 13.6. The summed E-state index contributed by atoms with van der Waals surface area (Å²) < 4.78 is 4.69. The minimum atomic E-state index is -0.307. The fraction of sp³-hybridized carbons (Fsp3) is 0.400. The Morgan fingerprint density at radius 3 is 3.14 bits per heavy atom. The van der Waals surface area contributed by atoms with Gasteiger partial charge in [-0.15, -0.1) is 0 Å². The maximum absolute atomic E-state index is 12.5. The molecule has 0 saturated heterocycles. The number of nitrogens with zero attached hydrogens (tertiary/aromatic N) is 2. The van der Waals surface area contributed by atoms with Crippen LogP contribution in [0.25, 0.3) is 0 Å². The van der Waals surface area contributed by atoms with E-state index < -0.39 is 0 Å². The van der Waals surface area contributed by atoms with Gasteiger partial charge in [-0.1, -0.05) is 17.3 Å². The number of carbonyl (C=O) groups is 1. The fourth-order valence-corrected chi connectivity index (χ4v) is 2.85. The number of aromatic hydroxyl groups is 1. The van der Waals surface area contributed by atoms with E-state index in [0.29, 0.717) is 5.82 Å². The van der Waals surface area contributed by atoms with E-state index in [4.69, 9.17) is 0 Å². The van der Waals surface area contributed by atoms with Crippen LogP contribution in [-0.4, -0.2) is 21.2 Å². The van der Waals surface area contributed by atoms with Crippen LogP contribution in [0.3, 0.4) is 0 Å². The molecular weight excluding hydrogens is 270 g/mol. The molecule has 2 unspecified atom stereocenters. The third kappa shape index (κ3) is 2.61. The Morgan fingerprint density at radius 1 is 1.52 bits per heavy atom. The summed E-state index contributed by atoms with van der Waals surface area (Å²) in [7, 11) is 0. The van der Waals surface area contributed by atoms with E-state index in [1.807, 2.05) is 13.0 Å². The maximum atomic E-state index is 12.5. The fourth-order valence-electron chi connectivity index (χ4n) is 2.85. The Bertz CT molecular complexity index is 640. The molecule has 1 aliphatic carbocycles. The minimum Gasteiger partial charge on any atom is -0.508 e. The molecule has 2 N–H and O–H groups in total. The number of hydrogen-bond acceptors (Lipinski definition) is 5. The van der Waals surface area contributed by atoms with Gasteiger partial charge in [-0.3, -0.25) is 4.79 Å². The van der Waals surface area contributed by atoms with E-state index in [0.717, 1.165) is 30.4 Å². The normalized spacial score (nSPS) is 18.8. The highest BCUT2D eigenvalue weighted by molar-refractivity contribution is 5.84. The molecule has 110 valence electrons. The number of aromatic nitrogens is 2. The van der Waals surface area contributed by atoms with Gasteiger partial charge in [0.15, 0.2) is 5.82 Å². The predicted octanol–water partition coefficient (Wildman–Crippen LogP) is 2.07. The number of nitrogens with one attached hydrogen (secondary N) is 1. The molecule has 0 radical (unpaired) electrons. The van der Waals surface area contributed by atoms with Crippen molar-refractivity contribution in [2.75, 3.05) is 0 Å². The predicted molar refractivity (Wildman–Crippen MR) is 74.6 cm³/mol. The number of rotatable bonds is 3. The number of benzene rings is 1. The smallest absolute Gasteiger partial charge is 0.228 e. The molecule has 2 aromatic rings. The molecule has 0 saturated carbocycles. The van der Waals surface area contributed by atoms with Crippen molar-refractivity contribution >= 4 is 5.91 Å². The highest BCUT2D eigenvalue weighted by atomic mass is 16.5.